The Bertz CT molecular complexity index is 814. The van der Waals surface area contributed by atoms with Crippen LogP contribution in [-0.4, -0.2) is 24.7 Å². The summed E-state index contributed by atoms with van der Waals surface area (Å²) in [7, 11) is 0. The maximum absolute atomic E-state index is 13.0. The maximum atomic E-state index is 13.0. The number of rotatable bonds is 4. The molecule has 0 bridgehead atoms. The van der Waals surface area contributed by atoms with Crippen LogP contribution in [0.5, 0.6) is 0 Å². The van der Waals surface area contributed by atoms with E-state index >= 15 is 0 Å². The average Bonchev–Trinajstić information content (AvgIpc) is 2.60. The minimum atomic E-state index is 0. The molecule has 0 radical (unpaired) electrons. The minimum Gasteiger partial charge on any atom is -0.322 e. The van der Waals surface area contributed by atoms with E-state index in [9.17, 15) is 4.79 Å². The Morgan fingerprint density at radius 2 is 1.81 bits per heavy atom. The van der Waals surface area contributed by atoms with Crippen LogP contribution in [0.2, 0.25) is 0 Å². The number of nitrogens with zero attached hydrogens (tertiary/aromatic N) is 2. The Morgan fingerprint density at radius 3 is 2.46 bits per heavy atom. The maximum Gasteiger partial charge on any atom is 0.182 e. The van der Waals surface area contributed by atoms with Crippen molar-refractivity contribution >= 4 is 34.3 Å². The molecule has 0 saturated carbocycles. The number of aryl methyl sites for hydroxylation is 3. The molecule has 0 atom stereocenters. The first-order valence-electron chi connectivity index (χ1n) is 9.02. The third-order valence-corrected chi connectivity index (χ3v) is 4.71. The summed E-state index contributed by atoms with van der Waals surface area (Å²) in [6.45, 7) is 7.34. The molecule has 4 heteroatoms. The number of hydrogen-bond donors (Lipinski definition) is 0. The molecule has 1 aliphatic rings. The summed E-state index contributed by atoms with van der Waals surface area (Å²) < 4.78 is 0. The molecule has 0 aromatic heterocycles. The molecular weight excluding hydrogens is 388 g/mol. The molecular formula is C22H27BrN2O. The van der Waals surface area contributed by atoms with Crippen molar-refractivity contribution in [3.05, 3.63) is 64.7 Å². The largest absolute Gasteiger partial charge is 0.322 e. The minimum absolute atomic E-state index is 0. The molecule has 26 heavy (non-hydrogen) atoms. The van der Waals surface area contributed by atoms with Crippen LogP contribution in [0.3, 0.4) is 0 Å². The molecule has 0 fully saturated rings. The van der Waals surface area contributed by atoms with E-state index in [1.807, 2.05) is 25.1 Å². The van der Waals surface area contributed by atoms with Crippen molar-refractivity contribution in [3.63, 3.8) is 0 Å². The lowest BCUT2D eigenvalue weighted by Gasteiger charge is -2.28. The zero-order valence-corrected chi connectivity index (χ0v) is 17.5. The summed E-state index contributed by atoms with van der Waals surface area (Å²) in [4.78, 5) is 19.8. The first-order valence-corrected chi connectivity index (χ1v) is 9.02. The molecule has 1 aliphatic heterocycles. The highest BCUT2D eigenvalue weighted by atomic mass is 79.9. The molecule has 2 aromatic carbocycles. The molecule has 0 amide bonds. The quantitative estimate of drug-likeness (QED) is 0.621. The molecule has 0 N–H and O–H groups in total. The Morgan fingerprint density at radius 1 is 1.04 bits per heavy atom. The number of amidine groups is 1. The lowest BCUT2D eigenvalue weighted by atomic mass is 10.0. The van der Waals surface area contributed by atoms with Gasteiger partial charge in [-0.1, -0.05) is 35.9 Å². The molecule has 1 heterocycles. The Labute approximate surface area is 166 Å². The Kier molecular flexibility index (Phi) is 7.15. The first-order chi connectivity index (χ1) is 12.0. The standard InChI is InChI=1S/C22H26N2O.BrH/c1-16-7-6-8-19(14-16)24(22-9-4-5-12-23-22)15-21(25)20-11-10-17(2)13-18(20)3;/h6-8,10-11,13-14H,4-5,9,12,15H2,1-3H3;1H. The van der Waals surface area contributed by atoms with Crippen LogP contribution < -0.4 is 4.90 Å². The van der Waals surface area contributed by atoms with Crippen LogP contribution in [0, 0.1) is 20.8 Å². The van der Waals surface area contributed by atoms with Gasteiger partial charge in [0.2, 0.25) is 0 Å². The van der Waals surface area contributed by atoms with Gasteiger partial charge in [-0.2, -0.15) is 0 Å². The SMILES string of the molecule is Br.Cc1cccc(N(CC(=O)c2ccc(C)cc2C)C2=NCCCC2)c1. The van der Waals surface area contributed by atoms with E-state index in [1.165, 1.54) is 11.1 Å². The number of Topliss-reactive ketones (excluding diaryl/α,β-unsaturated/α-hetero) is 1. The van der Waals surface area contributed by atoms with Gasteiger partial charge in [0.25, 0.3) is 0 Å². The second-order valence-corrected chi connectivity index (χ2v) is 6.92. The number of benzene rings is 2. The van der Waals surface area contributed by atoms with Gasteiger partial charge in [0.15, 0.2) is 5.78 Å². The van der Waals surface area contributed by atoms with Gasteiger partial charge in [0.1, 0.15) is 5.84 Å². The van der Waals surface area contributed by atoms with Gasteiger partial charge in [-0.25, -0.2) is 0 Å². The molecule has 138 valence electrons. The number of halogens is 1. The van der Waals surface area contributed by atoms with Gasteiger partial charge in [-0.3, -0.25) is 9.79 Å². The van der Waals surface area contributed by atoms with Gasteiger partial charge >= 0.3 is 0 Å². The number of carbonyl (C=O) groups is 1. The fraction of sp³-hybridized carbons (Fsp3) is 0.364. The molecule has 0 spiro atoms. The molecule has 0 unspecified atom stereocenters. The van der Waals surface area contributed by atoms with Crippen molar-refractivity contribution in [3.8, 4) is 0 Å². The van der Waals surface area contributed by atoms with Crippen molar-refractivity contribution in [2.45, 2.75) is 40.0 Å². The summed E-state index contributed by atoms with van der Waals surface area (Å²) in [5.41, 5.74) is 5.28. The summed E-state index contributed by atoms with van der Waals surface area (Å²) in [5, 5.41) is 0. The van der Waals surface area contributed by atoms with Crippen LogP contribution in [0.4, 0.5) is 5.69 Å². The van der Waals surface area contributed by atoms with Crippen molar-refractivity contribution in [2.75, 3.05) is 18.0 Å². The summed E-state index contributed by atoms with van der Waals surface area (Å²) >= 11 is 0. The van der Waals surface area contributed by atoms with Gasteiger partial charge in [-0.05, 0) is 56.9 Å². The highest BCUT2D eigenvalue weighted by Gasteiger charge is 2.20. The zero-order valence-electron chi connectivity index (χ0n) is 15.8. The third kappa shape index (κ3) is 4.82. The van der Waals surface area contributed by atoms with E-state index in [4.69, 9.17) is 4.99 Å². The molecule has 0 saturated heterocycles. The summed E-state index contributed by atoms with van der Waals surface area (Å²) in [6, 6.07) is 14.4. The zero-order chi connectivity index (χ0) is 17.8. The number of carbonyl (C=O) groups excluding carboxylic acids is 1. The Balaban J connectivity index is 0.00000243. The second-order valence-electron chi connectivity index (χ2n) is 6.92. The lowest BCUT2D eigenvalue weighted by molar-refractivity contribution is 0.100. The van der Waals surface area contributed by atoms with Gasteiger partial charge in [-0.15, -0.1) is 17.0 Å². The lowest BCUT2D eigenvalue weighted by Crippen LogP contribution is -2.37. The van der Waals surface area contributed by atoms with Crippen LogP contribution >= 0.6 is 17.0 Å². The average molecular weight is 415 g/mol. The van der Waals surface area contributed by atoms with Crippen molar-refractivity contribution in [1.82, 2.24) is 0 Å². The van der Waals surface area contributed by atoms with E-state index in [1.54, 1.807) is 0 Å². The van der Waals surface area contributed by atoms with E-state index in [-0.39, 0.29) is 22.8 Å². The highest BCUT2D eigenvalue weighted by Crippen LogP contribution is 2.22. The van der Waals surface area contributed by atoms with Crippen LogP contribution in [0.1, 0.15) is 46.3 Å². The molecule has 3 nitrogen and oxygen atoms in total. The number of aliphatic imine (C=N–C) groups is 1. The van der Waals surface area contributed by atoms with E-state index in [0.717, 1.165) is 48.5 Å². The number of ketones is 1. The van der Waals surface area contributed by atoms with Crippen LogP contribution in [0.15, 0.2) is 47.5 Å². The van der Waals surface area contributed by atoms with E-state index < -0.39 is 0 Å². The first kappa shape index (κ1) is 20.4. The van der Waals surface area contributed by atoms with Gasteiger partial charge < -0.3 is 4.90 Å². The van der Waals surface area contributed by atoms with E-state index in [0.29, 0.717) is 6.54 Å². The van der Waals surface area contributed by atoms with Gasteiger partial charge in [0.05, 0.1) is 6.54 Å². The fourth-order valence-electron chi connectivity index (χ4n) is 3.39. The summed E-state index contributed by atoms with van der Waals surface area (Å²) in [5.74, 6) is 1.18. The van der Waals surface area contributed by atoms with Crippen LogP contribution in [0.25, 0.3) is 0 Å². The van der Waals surface area contributed by atoms with E-state index in [2.05, 4.69) is 43.0 Å². The number of hydrogen-bond acceptors (Lipinski definition) is 3. The van der Waals surface area contributed by atoms with Crippen molar-refractivity contribution in [2.24, 2.45) is 4.99 Å². The predicted molar refractivity (Wildman–Crippen MR) is 115 cm³/mol. The fourth-order valence-corrected chi connectivity index (χ4v) is 3.39. The van der Waals surface area contributed by atoms with Crippen molar-refractivity contribution in [1.29, 1.82) is 0 Å². The molecule has 0 aliphatic carbocycles. The monoisotopic (exact) mass is 414 g/mol. The van der Waals surface area contributed by atoms with Crippen LogP contribution in [-0.2, 0) is 0 Å². The Hall–Kier alpha value is -1.94. The normalized spacial score (nSPS) is 13.6. The number of anilines is 1. The summed E-state index contributed by atoms with van der Waals surface area (Å²) in [6.07, 6.45) is 3.21. The highest BCUT2D eigenvalue weighted by molar-refractivity contribution is 8.93. The topological polar surface area (TPSA) is 32.7 Å². The van der Waals surface area contributed by atoms with Crippen molar-refractivity contribution < 1.29 is 4.79 Å². The van der Waals surface area contributed by atoms with Gasteiger partial charge in [0, 0.05) is 24.2 Å². The predicted octanol–water partition coefficient (Wildman–Crippen LogP) is 5.46. The smallest absolute Gasteiger partial charge is 0.182 e. The second kappa shape index (κ2) is 9.13. The third-order valence-electron chi connectivity index (χ3n) is 4.71. The molecule has 3 rings (SSSR count). The molecule has 2 aromatic rings.